The zero-order chi connectivity index (χ0) is 14.8. The maximum atomic E-state index is 13.1. The van der Waals surface area contributed by atoms with E-state index >= 15 is 0 Å². The van der Waals surface area contributed by atoms with Crippen LogP contribution in [-0.2, 0) is 18.9 Å². The van der Waals surface area contributed by atoms with Crippen molar-refractivity contribution in [1.29, 1.82) is 0 Å². The Kier molecular flexibility index (Phi) is 4.48. The van der Waals surface area contributed by atoms with Gasteiger partial charge in [-0.15, -0.1) is 0 Å². The Hall–Kier alpha value is -1.26. The first kappa shape index (κ1) is 15.8. The van der Waals surface area contributed by atoms with Crippen LogP contribution < -0.4 is 0 Å². The molecule has 0 amide bonds. The van der Waals surface area contributed by atoms with Crippen LogP contribution in [-0.4, -0.2) is 33.3 Å². The Morgan fingerprint density at radius 1 is 1.16 bits per heavy atom. The van der Waals surface area contributed by atoms with E-state index in [2.05, 4.69) is 0 Å². The summed E-state index contributed by atoms with van der Waals surface area (Å²) in [6.45, 7) is 0. The third kappa shape index (κ3) is 4.73. The average Bonchev–Trinajstić information content (AvgIpc) is 2.25. The molecule has 0 atom stereocenters. The van der Waals surface area contributed by atoms with Gasteiger partial charge >= 0.3 is 0 Å². The Morgan fingerprint density at radius 2 is 1.74 bits per heavy atom. The average molecular weight is 332 g/mol. The number of nitro groups is 1. The van der Waals surface area contributed by atoms with E-state index in [1.54, 1.807) is 0 Å². The first-order valence-corrected chi connectivity index (χ1v) is 8.74. The summed E-state index contributed by atoms with van der Waals surface area (Å²) in [5.74, 6) is -2.87. The predicted octanol–water partition coefficient (Wildman–Crippen LogP) is 1.08. The number of sulfone groups is 1. The van der Waals surface area contributed by atoms with Gasteiger partial charge in [-0.25, -0.2) is 21.2 Å². The predicted molar refractivity (Wildman–Crippen MR) is 64.7 cm³/mol. The minimum absolute atomic E-state index is 0.553. The lowest BCUT2D eigenvalue weighted by Gasteiger charge is -2.03. The smallest absolute Gasteiger partial charge is 0.258 e. The second-order valence-electron chi connectivity index (χ2n) is 3.46. The molecule has 1 aromatic rings. The van der Waals surface area contributed by atoms with Gasteiger partial charge in [0.15, 0.2) is 9.84 Å². The number of halogens is 2. The van der Waals surface area contributed by atoms with E-state index in [-0.39, 0.29) is 0 Å². The first-order valence-electron chi connectivity index (χ1n) is 4.61. The molecule has 0 unspecified atom stereocenters. The Bertz CT molecular complexity index is 715. The fourth-order valence-electron chi connectivity index (χ4n) is 1.16. The van der Waals surface area contributed by atoms with Gasteiger partial charge in [-0.2, -0.15) is 0 Å². The normalized spacial score (nSPS) is 12.3. The molecule has 0 saturated carbocycles. The van der Waals surface area contributed by atoms with Crippen molar-refractivity contribution in [3.63, 3.8) is 0 Å². The van der Waals surface area contributed by atoms with Crippen LogP contribution >= 0.6 is 10.7 Å². The molecule has 0 aliphatic heterocycles. The SMILES string of the molecule is O=[N+]([O-])c1cc(F)cc(S(=O)(=O)CCS(=O)(=O)Cl)c1. The fourth-order valence-corrected chi connectivity index (χ4v) is 4.23. The van der Waals surface area contributed by atoms with Gasteiger partial charge in [0.25, 0.3) is 5.69 Å². The zero-order valence-electron chi connectivity index (χ0n) is 9.12. The van der Waals surface area contributed by atoms with Crippen molar-refractivity contribution in [2.45, 2.75) is 4.90 Å². The molecule has 1 aromatic carbocycles. The highest BCUT2D eigenvalue weighted by molar-refractivity contribution is 8.14. The van der Waals surface area contributed by atoms with Crippen LogP contribution in [0.2, 0.25) is 0 Å². The summed E-state index contributed by atoms with van der Waals surface area (Å²) < 4.78 is 57.8. The minimum Gasteiger partial charge on any atom is -0.258 e. The van der Waals surface area contributed by atoms with E-state index in [0.29, 0.717) is 18.2 Å². The summed E-state index contributed by atoms with van der Waals surface area (Å²) in [4.78, 5) is 8.85. The lowest BCUT2D eigenvalue weighted by Crippen LogP contribution is -2.14. The van der Waals surface area contributed by atoms with Crippen molar-refractivity contribution in [2.24, 2.45) is 0 Å². The Morgan fingerprint density at radius 3 is 2.21 bits per heavy atom. The van der Waals surface area contributed by atoms with Crippen LogP contribution in [0.4, 0.5) is 10.1 Å². The van der Waals surface area contributed by atoms with Crippen molar-refractivity contribution in [1.82, 2.24) is 0 Å². The molecule has 0 saturated heterocycles. The third-order valence-electron chi connectivity index (χ3n) is 2.02. The second kappa shape index (κ2) is 5.39. The quantitative estimate of drug-likeness (QED) is 0.453. The number of nitrogens with zero attached hydrogens (tertiary/aromatic N) is 1. The summed E-state index contributed by atoms with van der Waals surface area (Å²) >= 11 is 0. The van der Waals surface area contributed by atoms with Crippen molar-refractivity contribution in [3.8, 4) is 0 Å². The van der Waals surface area contributed by atoms with E-state index in [9.17, 15) is 31.3 Å². The molecule has 1 rings (SSSR count). The van der Waals surface area contributed by atoms with Gasteiger partial charge in [0.2, 0.25) is 9.05 Å². The van der Waals surface area contributed by atoms with E-state index in [0.717, 1.165) is 0 Å². The van der Waals surface area contributed by atoms with Gasteiger partial charge < -0.3 is 0 Å². The van der Waals surface area contributed by atoms with Gasteiger partial charge in [-0.1, -0.05) is 0 Å². The number of hydrogen-bond donors (Lipinski definition) is 0. The van der Waals surface area contributed by atoms with E-state index in [1.165, 1.54) is 0 Å². The monoisotopic (exact) mass is 331 g/mol. The molecule has 0 bridgehead atoms. The molecule has 0 heterocycles. The maximum absolute atomic E-state index is 13.1. The topological polar surface area (TPSA) is 111 Å². The highest BCUT2D eigenvalue weighted by Crippen LogP contribution is 2.21. The second-order valence-corrected chi connectivity index (χ2v) is 8.47. The maximum Gasteiger partial charge on any atom is 0.273 e. The van der Waals surface area contributed by atoms with Crippen LogP contribution in [0.3, 0.4) is 0 Å². The highest BCUT2D eigenvalue weighted by atomic mass is 35.7. The van der Waals surface area contributed by atoms with E-state index < -0.39 is 51.7 Å². The lowest BCUT2D eigenvalue weighted by atomic mass is 10.3. The molecular formula is C8H7ClFNO6S2. The van der Waals surface area contributed by atoms with Gasteiger partial charge in [0.1, 0.15) is 5.82 Å². The molecule has 0 N–H and O–H groups in total. The standard InChI is InChI=1S/C8H7ClFNO6S2/c9-19(16,17)2-1-18(14,15)8-4-6(10)3-7(5-8)11(12)13/h3-5H,1-2H2. The summed E-state index contributed by atoms with van der Waals surface area (Å²) in [6.07, 6.45) is 0. The molecule has 0 fully saturated rings. The summed E-state index contributed by atoms with van der Waals surface area (Å²) in [5, 5.41) is 10.5. The number of nitro benzene ring substituents is 1. The van der Waals surface area contributed by atoms with E-state index in [4.69, 9.17) is 10.7 Å². The van der Waals surface area contributed by atoms with Gasteiger partial charge in [-0.05, 0) is 6.07 Å². The molecule has 106 valence electrons. The molecule has 0 spiro atoms. The highest BCUT2D eigenvalue weighted by Gasteiger charge is 2.22. The third-order valence-corrected chi connectivity index (χ3v) is 5.13. The summed E-state index contributed by atoms with van der Waals surface area (Å²) in [7, 11) is -3.35. The van der Waals surface area contributed by atoms with Gasteiger partial charge in [0, 0.05) is 16.7 Å². The molecule has 11 heteroatoms. The molecule has 0 aliphatic carbocycles. The molecule has 0 aromatic heterocycles. The van der Waals surface area contributed by atoms with Crippen LogP contribution in [0.25, 0.3) is 0 Å². The van der Waals surface area contributed by atoms with Crippen molar-refractivity contribution < 1.29 is 26.1 Å². The van der Waals surface area contributed by atoms with Gasteiger partial charge in [-0.3, -0.25) is 10.1 Å². The fraction of sp³-hybridized carbons (Fsp3) is 0.250. The summed E-state index contributed by atoms with van der Waals surface area (Å²) in [5.41, 5.74) is -0.743. The lowest BCUT2D eigenvalue weighted by molar-refractivity contribution is -0.385. The van der Waals surface area contributed by atoms with Crippen LogP contribution in [0, 0.1) is 15.9 Å². The number of hydrogen-bond acceptors (Lipinski definition) is 6. The largest absolute Gasteiger partial charge is 0.273 e. The number of rotatable bonds is 5. The number of non-ortho nitro benzene ring substituents is 1. The Labute approximate surface area is 112 Å². The van der Waals surface area contributed by atoms with Crippen LogP contribution in [0.15, 0.2) is 23.1 Å². The number of benzene rings is 1. The molecular weight excluding hydrogens is 325 g/mol. The minimum atomic E-state index is -4.18. The molecule has 0 aliphatic rings. The zero-order valence-corrected chi connectivity index (χ0v) is 11.5. The Balaban J connectivity index is 3.18. The summed E-state index contributed by atoms with van der Waals surface area (Å²) in [6, 6.07) is 1.78. The van der Waals surface area contributed by atoms with Crippen LogP contribution in [0.5, 0.6) is 0 Å². The van der Waals surface area contributed by atoms with Crippen molar-refractivity contribution >= 4 is 35.3 Å². The molecule has 19 heavy (non-hydrogen) atoms. The van der Waals surface area contributed by atoms with Crippen molar-refractivity contribution in [2.75, 3.05) is 11.5 Å². The van der Waals surface area contributed by atoms with Gasteiger partial charge in [0.05, 0.1) is 27.4 Å². The van der Waals surface area contributed by atoms with Crippen LogP contribution in [0.1, 0.15) is 0 Å². The molecule has 7 nitrogen and oxygen atoms in total. The van der Waals surface area contributed by atoms with Crippen molar-refractivity contribution in [3.05, 3.63) is 34.1 Å². The van der Waals surface area contributed by atoms with E-state index in [1.807, 2.05) is 0 Å². The molecule has 0 radical (unpaired) electrons. The first-order chi connectivity index (χ1) is 8.51.